The summed E-state index contributed by atoms with van der Waals surface area (Å²) in [6, 6.07) is 7.85. The van der Waals surface area contributed by atoms with Gasteiger partial charge in [-0.2, -0.15) is 0 Å². The Bertz CT molecular complexity index is 1250. The van der Waals surface area contributed by atoms with Crippen molar-refractivity contribution in [2.75, 3.05) is 5.32 Å². The number of carbonyl (C=O) groups is 1. The van der Waals surface area contributed by atoms with Crippen LogP contribution in [0.5, 0.6) is 5.75 Å². The maximum Gasteiger partial charge on any atom is 0.573 e. The molecule has 35 heavy (non-hydrogen) atoms. The Kier molecular flexibility index (Phi) is 5.97. The molecule has 10 heteroatoms. The first kappa shape index (κ1) is 24.8. The van der Waals surface area contributed by atoms with Crippen LogP contribution in [0.25, 0.3) is 11.0 Å². The zero-order valence-electron chi connectivity index (χ0n) is 19.8. The second kappa shape index (κ2) is 8.42. The lowest BCUT2D eigenvalue weighted by molar-refractivity contribution is -0.274. The summed E-state index contributed by atoms with van der Waals surface area (Å²) in [5, 5.41) is 12.4. The van der Waals surface area contributed by atoms with Gasteiger partial charge in [-0.1, -0.05) is 27.7 Å². The van der Waals surface area contributed by atoms with E-state index in [9.17, 15) is 23.1 Å². The van der Waals surface area contributed by atoms with Crippen molar-refractivity contribution in [2.24, 2.45) is 10.8 Å². The zero-order chi connectivity index (χ0) is 25.8. The smallest absolute Gasteiger partial charge is 0.478 e. The molecule has 1 aromatic heterocycles. The number of alkyl halides is 3. The highest BCUT2D eigenvalue weighted by Crippen LogP contribution is 2.51. The molecular weight excluding hydrogens is 466 g/mol. The average molecular weight is 494 g/mol. The van der Waals surface area contributed by atoms with Gasteiger partial charge in [-0.25, -0.2) is 14.2 Å². The summed E-state index contributed by atoms with van der Waals surface area (Å²) in [7, 11) is 0. The molecule has 4 rings (SSSR count). The Hall–Kier alpha value is -3.30. The second-order valence-electron chi connectivity index (χ2n) is 10.7. The highest BCUT2D eigenvalue weighted by atomic mass is 19.4. The number of halogens is 4. The number of aromatic nitrogens is 2. The molecule has 3 aromatic rings. The molecule has 0 radical (unpaired) electrons. The molecule has 0 bridgehead atoms. The van der Waals surface area contributed by atoms with Crippen LogP contribution >= 0.6 is 0 Å². The SMILES string of the molecule is CC1(C)CC(n2c(Nc3ccc(OC(F)(F)F)cc3)nc3c(F)c(C(=O)O)ccc32)CC(C)(C)C1. The van der Waals surface area contributed by atoms with Gasteiger partial charge in [0, 0.05) is 11.7 Å². The van der Waals surface area contributed by atoms with Crippen LogP contribution in [0.1, 0.15) is 63.4 Å². The number of hydrogen-bond donors (Lipinski definition) is 2. The molecule has 1 saturated carbocycles. The van der Waals surface area contributed by atoms with Crippen molar-refractivity contribution in [1.82, 2.24) is 9.55 Å². The molecule has 0 saturated heterocycles. The topological polar surface area (TPSA) is 76.4 Å². The number of hydrogen-bond acceptors (Lipinski definition) is 4. The first-order chi connectivity index (χ1) is 16.1. The molecule has 1 fully saturated rings. The lowest BCUT2D eigenvalue weighted by Crippen LogP contribution is -2.35. The molecule has 0 atom stereocenters. The number of carboxylic acid groups (broad SMARTS) is 1. The Labute approximate surface area is 199 Å². The van der Waals surface area contributed by atoms with Gasteiger partial charge >= 0.3 is 12.3 Å². The van der Waals surface area contributed by atoms with E-state index in [4.69, 9.17) is 0 Å². The number of rotatable bonds is 5. The van der Waals surface area contributed by atoms with Crippen molar-refractivity contribution in [1.29, 1.82) is 0 Å². The molecule has 0 spiro atoms. The van der Waals surface area contributed by atoms with Crippen LogP contribution in [0.2, 0.25) is 0 Å². The van der Waals surface area contributed by atoms with E-state index in [1.54, 1.807) is 6.07 Å². The van der Waals surface area contributed by atoms with Gasteiger partial charge in [-0.3, -0.25) is 0 Å². The first-order valence-electron chi connectivity index (χ1n) is 11.2. The van der Waals surface area contributed by atoms with Gasteiger partial charge in [0.2, 0.25) is 5.95 Å². The van der Waals surface area contributed by atoms with Crippen molar-refractivity contribution >= 4 is 28.6 Å². The number of anilines is 2. The van der Waals surface area contributed by atoms with Crippen LogP contribution in [0.15, 0.2) is 36.4 Å². The molecule has 1 aliphatic carbocycles. The average Bonchev–Trinajstić information content (AvgIpc) is 3.05. The third-order valence-electron chi connectivity index (χ3n) is 6.27. The second-order valence-corrected chi connectivity index (χ2v) is 10.7. The van der Waals surface area contributed by atoms with Crippen molar-refractivity contribution in [3.63, 3.8) is 0 Å². The number of nitrogens with zero attached hydrogens (tertiary/aromatic N) is 2. The van der Waals surface area contributed by atoms with Gasteiger partial charge < -0.3 is 19.7 Å². The van der Waals surface area contributed by atoms with Crippen LogP contribution in [0.3, 0.4) is 0 Å². The number of aromatic carboxylic acids is 1. The Morgan fingerprint density at radius 2 is 1.69 bits per heavy atom. The fraction of sp³-hybridized carbons (Fsp3) is 0.440. The molecule has 0 amide bonds. The number of ether oxygens (including phenoxy) is 1. The summed E-state index contributed by atoms with van der Waals surface area (Å²) in [4.78, 5) is 15.9. The first-order valence-corrected chi connectivity index (χ1v) is 11.2. The fourth-order valence-corrected chi connectivity index (χ4v) is 5.59. The maximum atomic E-state index is 15.1. The normalized spacial score (nSPS) is 17.9. The van der Waals surface area contributed by atoms with Gasteiger partial charge in [0.15, 0.2) is 5.82 Å². The minimum absolute atomic E-state index is 0.00356. The molecule has 1 heterocycles. The van der Waals surface area contributed by atoms with E-state index in [0.29, 0.717) is 11.2 Å². The van der Waals surface area contributed by atoms with Gasteiger partial charge in [-0.05, 0) is 66.5 Å². The lowest BCUT2D eigenvalue weighted by atomic mass is 9.63. The number of nitrogens with one attached hydrogen (secondary N) is 1. The molecule has 6 nitrogen and oxygen atoms in total. The van der Waals surface area contributed by atoms with Crippen molar-refractivity contribution in [2.45, 2.75) is 59.4 Å². The highest BCUT2D eigenvalue weighted by Gasteiger charge is 2.40. The molecule has 2 aromatic carbocycles. The third kappa shape index (κ3) is 5.36. The molecule has 0 aliphatic heterocycles. The summed E-state index contributed by atoms with van der Waals surface area (Å²) in [6.45, 7) is 8.70. The largest absolute Gasteiger partial charge is 0.573 e. The monoisotopic (exact) mass is 493 g/mol. The van der Waals surface area contributed by atoms with Gasteiger partial charge in [-0.15, -0.1) is 13.2 Å². The maximum absolute atomic E-state index is 15.1. The standard InChI is InChI=1S/C25H27F4N3O3/c1-23(2)11-15(12-24(3,4)13-23)32-18-10-9-17(21(33)34)19(26)20(18)31-22(32)30-14-5-7-16(8-6-14)35-25(27,28)29/h5-10,15H,11-13H2,1-4H3,(H,30,31)(H,33,34). The van der Waals surface area contributed by atoms with E-state index >= 15 is 4.39 Å². The van der Waals surface area contributed by atoms with Gasteiger partial charge in [0.25, 0.3) is 0 Å². The molecule has 188 valence electrons. The predicted octanol–water partition coefficient (Wildman–Crippen LogP) is 7.29. The molecule has 2 N–H and O–H groups in total. The summed E-state index contributed by atoms with van der Waals surface area (Å²) in [5.41, 5.74) is 0.305. The number of benzene rings is 2. The van der Waals surface area contributed by atoms with E-state index < -0.39 is 23.7 Å². The van der Waals surface area contributed by atoms with Crippen LogP contribution in [-0.4, -0.2) is 27.0 Å². The van der Waals surface area contributed by atoms with E-state index in [2.05, 4.69) is 42.7 Å². The highest BCUT2D eigenvalue weighted by molar-refractivity contribution is 5.94. The Morgan fingerprint density at radius 1 is 1.09 bits per heavy atom. The molecule has 0 unspecified atom stereocenters. The lowest BCUT2D eigenvalue weighted by Gasteiger charge is -2.45. The quantitative estimate of drug-likeness (QED) is 0.365. The van der Waals surface area contributed by atoms with E-state index in [1.807, 2.05) is 4.57 Å². The number of carboxylic acids is 1. The van der Waals surface area contributed by atoms with Crippen molar-refractivity contribution < 1.29 is 32.2 Å². The summed E-state index contributed by atoms with van der Waals surface area (Å²) in [5.74, 6) is -2.41. The van der Waals surface area contributed by atoms with E-state index in [-0.39, 0.29) is 34.1 Å². The Morgan fingerprint density at radius 3 is 2.23 bits per heavy atom. The third-order valence-corrected chi connectivity index (χ3v) is 6.27. The van der Waals surface area contributed by atoms with Crippen LogP contribution in [0, 0.1) is 16.6 Å². The fourth-order valence-electron chi connectivity index (χ4n) is 5.59. The number of fused-ring (bicyclic) bond motifs is 1. The van der Waals surface area contributed by atoms with Crippen LogP contribution in [-0.2, 0) is 0 Å². The van der Waals surface area contributed by atoms with Gasteiger partial charge in [0.05, 0.1) is 11.1 Å². The van der Waals surface area contributed by atoms with Crippen LogP contribution in [0.4, 0.5) is 29.2 Å². The number of imidazole rings is 1. The van der Waals surface area contributed by atoms with E-state index in [1.165, 1.54) is 30.3 Å². The van der Waals surface area contributed by atoms with Crippen molar-refractivity contribution in [3.05, 3.63) is 47.8 Å². The minimum atomic E-state index is -4.80. The Balaban J connectivity index is 1.80. The summed E-state index contributed by atoms with van der Waals surface area (Å²) in [6.07, 6.45) is -2.22. The summed E-state index contributed by atoms with van der Waals surface area (Å²) < 4.78 is 58.4. The minimum Gasteiger partial charge on any atom is -0.478 e. The predicted molar refractivity (Wildman–Crippen MR) is 124 cm³/mol. The molecular formula is C25H27F4N3O3. The van der Waals surface area contributed by atoms with Crippen molar-refractivity contribution in [3.8, 4) is 5.75 Å². The zero-order valence-corrected chi connectivity index (χ0v) is 19.8. The molecule has 1 aliphatic rings. The van der Waals surface area contributed by atoms with E-state index in [0.717, 1.165) is 19.3 Å². The summed E-state index contributed by atoms with van der Waals surface area (Å²) >= 11 is 0. The van der Waals surface area contributed by atoms with Crippen LogP contribution < -0.4 is 10.1 Å². The van der Waals surface area contributed by atoms with Gasteiger partial charge in [0.1, 0.15) is 11.3 Å².